The molecule has 1 aliphatic heterocycles. The minimum Gasteiger partial charge on any atom is -0.267 e. The van der Waals surface area contributed by atoms with Crippen LogP contribution in [-0.4, -0.2) is 21.1 Å². The summed E-state index contributed by atoms with van der Waals surface area (Å²) in [6.45, 7) is 11.5. The third-order valence-corrected chi connectivity index (χ3v) is 25.9. The Morgan fingerprint density at radius 1 is 1.19 bits per heavy atom. The predicted octanol–water partition coefficient (Wildman–Crippen LogP) is 4.56. The molecular formula is C21H22BrFNOSi2. The summed E-state index contributed by atoms with van der Waals surface area (Å²) in [4.78, 5) is 12.3. The standard InChI is InChI=1S/C21H22BrFNOSi2/c1-11-8-13-12(6-7-16(23)14(13)9-11)18-15(21(24)25)10-17-19(22)20(18)27(4,5)26(17,2)3/h6-8,10,24H,9H2,1-5H3. The molecule has 0 spiro atoms. The van der Waals surface area contributed by atoms with Crippen molar-refractivity contribution in [3.05, 3.63) is 50.8 Å². The zero-order valence-electron chi connectivity index (χ0n) is 16.2. The first-order valence-electron chi connectivity index (χ1n) is 9.10. The first-order valence-corrected chi connectivity index (χ1v) is 16.9. The lowest BCUT2D eigenvalue weighted by Crippen LogP contribution is -2.63. The van der Waals surface area contributed by atoms with E-state index in [1.54, 1.807) is 6.07 Å². The average molecular weight is 459 g/mol. The van der Waals surface area contributed by atoms with Crippen LogP contribution in [0.25, 0.3) is 17.2 Å². The third-order valence-electron chi connectivity index (χ3n) is 6.79. The molecule has 1 amide bonds. The van der Waals surface area contributed by atoms with E-state index in [0.717, 1.165) is 26.7 Å². The highest BCUT2D eigenvalue weighted by molar-refractivity contribution is 9.11. The third kappa shape index (κ3) is 2.36. The zero-order valence-corrected chi connectivity index (χ0v) is 19.8. The number of fused-ring (bicyclic) bond motifs is 3. The van der Waals surface area contributed by atoms with Crippen LogP contribution >= 0.6 is 15.9 Å². The maximum Gasteiger partial charge on any atom is 0.270 e. The summed E-state index contributed by atoms with van der Waals surface area (Å²) in [5.41, 5.74) is 12.9. The fourth-order valence-electron chi connectivity index (χ4n) is 4.59. The minimum absolute atomic E-state index is 0.195. The molecule has 2 aromatic rings. The molecule has 1 heterocycles. The van der Waals surface area contributed by atoms with Crippen LogP contribution in [0.4, 0.5) is 4.39 Å². The van der Waals surface area contributed by atoms with E-state index in [0.29, 0.717) is 17.5 Å². The van der Waals surface area contributed by atoms with E-state index in [2.05, 4.69) is 42.1 Å². The van der Waals surface area contributed by atoms with Crippen molar-refractivity contribution >= 4 is 53.5 Å². The van der Waals surface area contributed by atoms with Gasteiger partial charge in [-0.2, -0.15) is 0 Å². The molecule has 6 heteroatoms. The van der Waals surface area contributed by atoms with Crippen molar-refractivity contribution in [2.24, 2.45) is 0 Å². The number of allylic oxidation sites excluding steroid dienone is 1. The molecule has 2 aliphatic rings. The summed E-state index contributed by atoms with van der Waals surface area (Å²) in [7, 11) is -3.62. The average Bonchev–Trinajstić information content (AvgIpc) is 2.98. The van der Waals surface area contributed by atoms with E-state index in [1.807, 2.05) is 19.1 Å². The van der Waals surface area contributed by atoms with Crippen LogP contribution in [0.5, 0.6) is 0 Å². The minimum atomic E-state index is -1.86. The maximum atomic E-state index is 14.4. The molecule has 1 radical (unpaired) electrons. The molecule has 1 N–H and O–H groups in total. The predicted molar refractivity (Wildman–Crippen MR) is 119 cm³/mol. The Morgan fingerprint density at radius 3 is 2.48 bits per heavy atom. The van der Waals surface area contributed by atoms with Crippen LogP contribution in [-0.2, 0) is 6.42 Å². The summed E-state index contributed by atoms with van der Waals surface area (Å²) in [6.07, 6.45) is 2.64. The molecule has 0 atom stereocenters. The summed E-state index contributed by atoms with van der Waals surface area (Å²) < 4.78 is 15.6. The first kappa shape index (κ1) is 18.8. The van der Waals surface area contributed by atoms with Crippen molar-refractivity contribution in [2.75, 3.05) is 0 Å². The Kier molecular flexibility index (Phi) is 4.01. The van der Waals surface area contributed by atoms with Crippen molar-refractivity contribution < 1.29 is 9.18 Å². The number of halogens is 2. The Balaban J connectivity index is 2.15. The molecular weight excluding hydrogens is 437 g/mol. The van der Waals surface area contributed by atoms with Crippen molar-refractivity contribution in [3.63, 3.8) is 0 Å². The van der Waals surface area contributed by atoms with Crippen molar-refractivity contribution in [1.29, 1.82) is 0 Å². The number of rotatable bonds is 2. The Morgan fingerprint density at radius 2 is 1.85 bits per heavy atom. The highest BCUT2D eigenvalue weighted by Crippen LogP contribution is 2.41. The van der Waals surface area contributed by atoms with Gasteiger partial charge in [0, 0.05) is 10.0 Å². The number of hydrogen-bond acceptors (Lipinski definition) is 1. The van der Waals surface area contributed by atoms with Gasteiger partial charge in [0.05, 0.1) is 15.2 Å². The van der Waals surface area contributed by atoms with E-state index in [-0.39, 0.29) is 5.82 Å². The number of carbonyl (C=O) groups is 1. The van der Waals surface area contributed by atoms with Crippen molar-refractivity contribution in [2.45, 2.75) is 39.5 Å². The highest BCUT2D eigenvalue weighted by atomic mass is 79.9. The highest BCUT2D eigenvalue weighted by Gasteiger charge is 2.53. The Bertz CT molecular complexity index is 1070. The lowest BCUT2D eigenvalue weighted by atomic mass is 9.93. The molecule has 139 valence electrons. The van der Waals surface area contributed by atoms with Gasteiger partial charge in [0.2, 0.25) is 0 Å². The number of nitrogens with one attached hydrogen (secondary N) is 1. The molecule has 27 heavy (non-hydrogen) atoms. The van der Waals surface area contributed by atoms with Crippen LogP contribution in [0.15, 0.2) is 28.2 Å². The summed E-state index contributed by atoms with van der Waals surface area (Å²) in [5, 5.41) is 2.48. The van der Waals surface area contributed by atoms with Gasteiger partial charge in [-0.1, -0.05) is 59.8 Å². The topological polar surface area (TPSA) is 40.9 Å². The smallest absolute Gasteiger partial charge is 0.267 e. The van der Waals surface area contributed by atoms with E-state index in [9.17, 15) is 9.18 Å². The van der Waals surface area contributed by atoms with E-state index in [1.165, 1.54) is 16.4 Å². The van der Waals surface area contributed by atoms with Gasteiger partial charge in [-0.15, -0.1) is 0 Å². The maximum absolute atomic E-state index is 14.4. The molecule has 2 aromatic carbocycles. The quantitative estimate of drug-likeness (QED) is 0.607. The van der Waals surface area contributed by atoms with Crippen molar-refractivity contribution in [1.82, 2.24) is 5.73 Å². The normalized spacial score (nSPS) is 18.4. The van der Waals surface area contributed by atoms with Crippen molar-refractivity contribution in [3.8, 4) is 11.1 Å². The monoisotopic (exact) mass is 458 g/mol. The zero-order chi connectivity index (χ0) is 19.9. The summed E-state index contributed by atoms with van der Waals surface area (Å²) in [5.74, 6) is -0.854. The number of carbonyl (C=O) groups excluding carboxylic acids is 1. The number of amides is 1. The van der Waals surface area contributed by atoms with Crippen LogP contribution in [0.1, 0.15) is 28.4 Å². The van der Waals surface area contributed by atoms with Gasteiger partial charge in [0.15, 0.2) is 0 Å². The molecule has 0 saturated heterocycles. The van der Waals surface area contributed by atoms with E-state index < -0.39 is 21.1 Å². The first-order chi connectivity index (χ1) is 12.5. The van der Waals surface area contributed by atoms with E-state index >= 15 is 0 Å². The van der Waals surface area contributed by atoms with Crippen LogP contribution in [0, 0.1) is 5.82 Å². The lowest BCUT2D eigenvalue weighted by molar-refractivity contribution is 0.0993. The molecule has 2 bridgehead atoms. The van der Waals surface area contributed by atoms with Crippen LogP contribution in [0.3, 0.4) is 0 Å². The molecule has 2 nitrogen and oxygen atoms in total. The summed E-state index contributed by atoms with van der Waals surface area (Å²) >= 11 is 3.84. The largest absolute Gasteiger partial charge is 0.270 e. The van der Waals surface area contributed by atoms with Gasteiger partial charge in [-0.25, -0.2) is 4.39 Å². The van der Waals surface area contributed by atoms with Gasteiger partial charge >= 0.3 is 0 Å². The van der Waals surface area contributed by atoms with Gasteiger partial charge in [0.25, 0.3) is 5.91 Å². The lowest BCUT2D eigenvalue weighted by Gasteiger charge is -2.32. The van der Waals surface area contributed by atoms with E-state index in [4.69, 9.17) is 5.73 Å². The van der Waals surface area contributed by atoms with Gasteiger partial charge in [0.1, 0.15) is 5.82 Å². The van der Waals surface area contributed by atoms with Gasteiger partial charge < -0.3 is 0 Å². The second kappa shape index (κ2) is 5.75. The molecule has 1 aliphatic carbocycles. The SMILES string of the molecule is CC1=Cc2c(-c3c(C([NH])=O)cc4c(Br)c3[Si](C)(C)[Si]4(C)C)ccc(F)c2C1. The molecule has 0 aromatic heterocycles. The fourth-order valence-corrected chi connectivity index (χ4v) is 18.4. The van der Waals surface area contributed by atoms with Gasteiger partial charge in [-0.05, 0) is 58.1 Å². The Hall–Kier alpha value is -1.51. The Labute approximate surface area is 169 Å². The summed E-state index contributed by atoms with van der Waals surface area (Å²) in [6, 6.07) is 5.26. The second-order valence-electron chi connectivity index (χ2n) is 8.77. The van der Waals surface area contributed by atoms with Crippen LogP contribution in [0.2, 0.25) is 26.2 Å². The number of benzene rings is 2. The molecule has 0 saturated carbocycles. The van der Waals surface area contributed by atoms with Gasteiger partial charge in [-0.3, -0.25) is 10.5 Å². The van der Waals surface area contributed by atoms with Crippen LogP contribution < -0.4 is 16.1 Å². The second-order valence-corrected chi connectivity index (χ2v) is 24.6. The molecule has 0 fully saturated rings. The molecule has 4 rings (SSSR count). The fraction of sp³-hybridized carbons (Fsp3) is 0.286. The number of hydrogen-bond donors (Lipinski definition) is 0. The molecule has 0 unspecified atom stereocenters.